The van der Waals surface area contributed by atoms with Gasteiger partial charge in [-0.05, 0) is 35.7 Å². The first-order valence-corrected chi connectivity index (χ1v) is 6.17. The Morgan fingerprint density at radius 2 is 1.95 bits per heavy atom. The second-order valence-corrected chi connectivity index (χ2v) is 4.26. The number of hydrogen-bond acceptors (Lipinski definition) is 2. The van der Waals surface area contributed by atoms with Gasteiger partial charge in [0.1, 0.15) is 5.75 Å². The van der Waals surface area contributed by atoms with Gasteiger partial charge in [0, 0.05) is 12.6 Å². The minimum absolute atomic E-state index is 0.0569. The van der Waals surface area contributed by atoms with E-state index >= 15 is 0 Å². The molecule has 0 saturated heterocycles. The monoisotopic (exact) mass is 255 g/mol. The van der Waals surface area contributed by atoms with E-state index in [0.29, 0.717) is 12.0 Å². The van der Waals surface area contributed by atoms with Gasteiger partial charge in [0.25, 0.3) is 5.91 Å². The molecule has 0 bridgehead atoms. The molecule has 0 atom stereocenters. The predicted octanol–water partition coefficient (Wildman–Crippen LogP) is 2.65. The summed E-state index contributed by atoms with van der Waals surface area (Å²) in [6, 6.07) is 15.5. The van der Waals surface area contributed by atoms with E-state index < -0.39 is 0 Å². The highest BCUT2D eigenvalue weighted by atomic mass is 16.5. The van der Waals surface area contributed by atoms with Crippen molar-refractivity contribution in [2.75, 3.05) is 14.2 Å². The molecule has 0 unspecified atom stereocenters. The summed E-state index contributed by atoms with van der Waals surface area (Å²) in [7, 11) is 3.29. The molecule has 0 heterocycles. The van der Waals surface area contributed by atoms with E-state index in [4.69, 9.17) is 4.74 Å². The van der Waals surface area contributed by atoms with Crippen LogP contribution in [0.3, 0.4) is 0 Å². The Morgan fingerprint density at radius 1 is 1.16 bits per heavy atom. The second-order valence-electron chi connectivity index (χ2n) is 4.26. The van der Waals surface area contributed by atoms with E-state index in [1.54, 1.807) is 14.2 Å². The van der Waals surface area contributed by atoms with Gasteiger partial charge >= 0.3 is 0 Å². The average Bonchev–Trinajstić information content (AvgIpc) is 2.47. The van der Waals surface area contributed by atoms with Crippen molar-refractivity contribution in [3.63, 3.8) is 0 Å². The molecular weight excluding hydrogens is 238 g/mol. The molecule has 98 valence electrons. The van der Waals surface area contributed by atoms with Crippen molar-refractivity contribution >= 4 is 5.91 Å². The van der Waals surface area contributed by atoms with Crippen LogP contribution >= 0.6 is 0 Å². The number of methoxy groups -OCH3 is 1. The number of amides is 1. The zero-order valence-electron chi connectivity index (χ0n) is 11.1. The Kier molecular flexibility index (Phi) is 4.18. The van der Waals surface area contributed by atoms with E-state index in [2.05, 4.69) is 5.32 Å². The average molecular weight is 255 g/mol. The van der Waals surface area contributed by atoms with Crippen LogP contribution in [0.25, 0.3) is 0 Å². The van der Waals surface area contributed by atoms with Crippen LogP contribution in [-0.2, 0) is 6.42 Å². The fourth-order valence-electron chi connectivity index (χ4n) is 2.03. The summed E-state index contributed by atoms with van der Waals surface area (Å²) >= 11 is 0. The standard InChI is InChI=1S/C16H17NO2/c1-17-16(18)15-9-4-3-7-13(15)10-12-6-5-8-14(11-12)19-2/h3-9,11H,10H2,1-2H3,(H,17,18). The van der Waals surface area contributed by atoms with Gasteiger partial charge in [0.2, 0.25) is 0 Å². The first kappa shape index (κ1) is 13.1. The maximum absolute atomic E-state index is 11.8. The van der Waals surface area contributed by atoms with Gasteiger partial charge in [-0.1, -0.05) is 30.3 Å². The lowest BCUT2D eigenvalue weighted by Crippen LogP contribution is -2.19. The highest BCUT2D eigenvalue weighted by Gasteiger charge is 2.09. The molecule has 3 heteroatoms. The SMILES string of the molecule is CNC(=O)c1ccccc1Cc1cccc(OC)c1. The number of carbonyl (C=O) groups is 1. The molecule has 3 nitrogen and oxygen atoms in total. The number of ether oxygens (including phenoxy) is 1. The first-order valence-electron chi connectivity index (χ1n) is 6.17. The number of rotatable bonds is 4. The smallest absolute Gasteiger partial charge is 0.251 e. The molecule has 2 aromatic carbocycles. The highest BCUT2D eigenvalue weighted by molar-refractivity contribution is 5.95. The molecule has 0 fully saturated rings. The zero-order chi connectivity index (χ0) is 13.7. The number of hydrogen-bond donors (Lipinski definition) is 1. The summed E-state index contributed by atoms with van der Waals surface area (Å²) in [4.78, 5) is 11.8. The lowest BCUT2D eigenvalue weighted by molar-refractivity contribution is 0.0962. The Morgan fingerprint density at radius 3 is 2.68 bits per heavy atom. The molecule has 0 aliphatic carbocycles. The van der Waals surface area contributed by atoms with Gasteiger partial charge in [-0.15, -0.1) is 0 Å². The molecule has 2 aromatic rings. The molecule has 2 rings (SSSR count). The third kappa shape index (κ3) is 3.13. The maximum Gasteiger partial charge on any atom is 0.251 e. The van der Waals surface area contributed by atoms with Crippen molar-refractivity contribution in [2.24, 2.45) is 0 Å². The number of nitrogens with one attached hydrogen (secondary N) is 1. The van der Waals surface area contributed by atoms with Gasteiger partial charge in [-0.2, -0.15) is 0 Å². The van der Waals surface area contributed by atoms with E-state index in [9.17, 15) is 4.79 Å². The minimum atomic E-state index is -0.0569. The molecule has 0 aliphatic rings. The Bertz CT molecular complexity index is 578. The lowest BCUT2D eigenvalue weighted by atomic mass is 9.99. The molecule has 1 N–H and O–H groups in total. The van der Waals surface area contributed by atoms with Crippen LogP contribution in [0.1, 0.15) is 21.5 Å². The van der Waals surface area contributed by atoms with Crippen LogP contribution in [-0.4, -0.2) is 20.1 Å². The van der Waals surface area contributed by atoms with Crippen molar-refractivity contribution in [1.29, 1.82) is 0 Å². The first-order chi connectivity index (χ1) is 9.24. The van der Waals surface area contributed by atoms with E-state index in [0.717, 1.165) is 16.9 Å². The van der Waals surface area contributed by atoms with Crippen molar-refractivity contribution in [2.45, 2.75) is 6.42 Å². The van der Waals surface area contributed by atoms with Gasteiger partial charge in [-0.3, -0.25) is 4.79 Å². The summed E-state index contributed by atoms with van der Waals surface area (Å²) in [5, 5.41) is 2.67. The zero-order valence-corrected chi connectivity index (χ0v) is 11.1. The van der Waals surface area contributed by atoms with Crippen molar-refractivity contribution < 1.29 is 9.53 Å². The van der Waals surface area contributed by atoms with E-state index in [1.165, 1.54) is 0 Å². The summed E-state index contributed by atoms with van der Waals surface area (Å²) < 4.78 is 5.21. The summed E-state index contributed by atoms with van der Waals surface area (Å²) in [6.45, 7) is 0. The number of benzene rings is 2. The topological polar surface area (TPSA) is 38.3 Å². The third-order valence-corrected chi connectivity index (χ3v) is 3.02. The maximum atomic E-state index is 11.8. The van der Waals surface area contributed by atoms with E-state index in [-0.39, 0.29) is 5.91 Å². The van der Waals surface area contributed by atoms with Gasteiger partial charge in [0.05, 0.1) is 7.11 Å². The second kappa shape index (κ2) is 6.05. The molecule has 1 amide bonds. The van der Waals surface area contributed by atoms with Gasteiger partial charge < -0.3 is 10.1 Å². The third-order valence-electron chi connectivity index (χ3n) is 3.02. The predicted molar refractivity (Wildman–Crippen MR) is 75.6 cm³/mol. The van der Waals surface area contributed by atoms with Crippen LogP contribution in [0.2, 0.25) is 0 Å². The van der Waals surface area contributed by atoms with Crippen LogP contribution in [0.4, 0.5) is 0 Å². The Hall–Kier alpha value is -2.29. The number of carbonyl (C=O) groups excluding carboxylic acids is 1. The quantitative estimate of drug-likeness (QED) is 0.912. The Labute approximate surface area is 113 Å². The molecule has 0 aromatic heterocycles. The largest absolute Gasteiger partial charge is 0.497 e. The molecular formula is C16H17NO2. The fourth-order valence-corrected chi connectivity index (χ4v) is 2.03. The van der Waals surface area contributed by atoms with E-state index in [1.807, 2.05) is 48.5 Å². The van der Waals surface area contributed by atoms with Crippen molar-refractivity contribution in [1.82, 2.24) is 5.32 Å². The molecule has 0 radical (unpaired) electrons. The molecule has 0 saturated carbocycles. The highest BCUT2D eigenvalue weighted by Crippen LogP contribution is 2.18. The van der Waals surface area contributed by atoms with Gasteiger partial charge in [0.15, 0.2) is 0 Å². The fraction of sp³-hybridized carbons (Fsp3) is 0.188. The summed E-state index contributed by atoms with van der Waals surface area (Å²) in [5.41, 5.74) is 2.85. The molecule has 0 spiro atoms. The normalized spacial score (nSPS) is 10.0. The molecule has 0 aliphatic heterocycles. The Balaban J connectivity index is 2.30. The van der Waals surface area contributed by atoms with Crippen LogP contribution in [0.15, 0.2) is 48.5 Å². The lowest BCUT2D eigenvalue weighted by Gasteiger charge is -2.09. The molecule has 19 heavy (non-hydrogen) atoms. The van der Waals surface area contributed by atoms with Crippen LogP contribution < -0.4 is 10.1 Å². The van der Waals surface area contributed by atoms with Crippen molar-refractivity contribution in [3.8, 4) is 5.75 Å². The van der Waals surface area contributed by atoms with Gasteiger partial charge in [-0.25, -0.2) is 0 Å². The van der Waals surface area contributed by atoms with Crippen LogP contribution in [0, 0.1) is 0 Å². The minimum Gasteiger partial charge on any atom is -0.497 e. The summed E-state index contributed by atoms with van der Waals surface area (Å²) in [5.74, 6) is 0.772. The van der Waals surface area contributed by atoms with Crippen LogP contribution in [0.5, 0.6) is 5.75 Å². The van der Waals surface area contributed by atoms with Crippen molar-refractivity contribution in [3.05, 3.63) is 65.2 Å². The summed E-state index contributed by atoms with van der Waals surface area (Å²) in [6.07, 6.45) is 0.709.